The molecule has 0 aliphatic carbocycles. The second-order valence-corrected chi connectivity index (χ2v) is 5.55. The Morgan fingerprint density at radius 1 is 1.41 bits per heavy atom. The van der Waals surface area contributed by atoms with Crippen molar-refractivity contribution >= 4 is 0 Å². The number of aryl methyl sites for hydroxylation is 1. The van der Waals surface area contributed by atoms with Crippen LogP contribution >= 0.6 is 0 Å². The number of ether oxygens (including phenoxy) is 1. The van der Waals surface area contributed by atoms with Crippen LogP contribution in [0, 0.1) is 5.92 Å². The average Bonchev–Trinajstić information content (AvgIpc) is 2.73. The Bertz CT molecular complexity index is 394. The largest absolute Gasteiger partial charge is 0.493 e. The summed E-state index contributed by atoms with van der Waals surface area (Å²) in [6.45, 7) is 6.86. The molecule has 0 saturated heterocycles. The van der Waals surface area contributed by atoms with Gasteiger partial charge in [0.2, 0.25) is 0 Å². The topological polar surface area (TPSA) is 29.5 Å². The molecule has 0 bridgehead atoms. The molecule has 0 aromatic heterocycles. The zero-order valence-corrected chi connectivity index (χ0v) is 11.0. The van der Waals surface area contributed by atoms with Crippen molar-refractivity contribution in [3.8, 4) is 5.75 Å². The van der Waals surface area contributed by atoms with Gasteiger partial charge in [-0.15, -0.1) is 0 Å². The van der Waals surface area contributed by atoms with E-state index in [9.17, 15) is 5.11 Å². The highest BCUT2D eigenvalue weighted by Gasteiger charge is 2.24. The number of hydrogen-bond acceptors (Lipinski definition) is 2. The van der Waals surface area contributed by atoms with Gasteiger partial charge in [-0.1, -0.05) is 26.0 Å². The van der Waals surface area contributed by atoms with Crippen LogP contribution in [-0.2, 0) is 12.8 Å². The molecule has 0 spiro atoms. The molecule has 2 nitrogen and oxygen atoms in total. The lowest BCUT2D eigenvalue weighted by Crippen LogP contribution is -2.31. The Morgan fingerprint density at radius 2 is 2.18 bits per heavy atom. The fourth-order valence-corrected chi connectivity index (χ4v) is 2.08. The van der Waals surface area contributed by atoms with E-state index in [2.05, 4.69) is 32.0 Å². The molecule has 1 unspecified atom stereocenters. The third-order valence-electron chi connectivity index (χ3n) is 3.92. The molecule has 1 aromatic carbocycles. The number of fused-ring (bicyclic) bond motifs is 1. The van der Waals surface area contributed by atoms with Gasteiger partial charge < -0.3 is 9.84 Å². The second-order valence-electron chi connectivity index (χ2n) is 5.55. The van der Waals surface area contributed by atoms with Gasteiger partial charge in [-0.25, -0.2) is 0 Å². The first kappa shape index (κ1) is 12.4. The summed E-state index contributed by atoms with van der Waals surface area (Å²) in [5.41, 5.74) is 2.04. The van der Waals surface area contributed by atoms with Gasteiger partial charge in [0.15, 0.2) is 0 Å². The lowest BCUT2D eigenvalue weighted by Gasteiger charge is -2.27. The highest BCUT2D eigenvalue weighted by atomic mass is 16.5. The van der Waals surface area contributed by atoms with Crippen LogP contribution in [0.15, 0.2) is 18.2 Å². The fraction of sp³-hybridized carbons (Fsp3) is 0.600. The van der Waals surface area contributed by atoms with Crippen molar-refractivity contribution in [3.05, 3.63) is 29.3 Å². The maximum atomic E-state index is 10.2. The Kier molecular flexibility index (Phi) is 3.43. The summed E-state index contributed by atoms with van der Waals surface area (Å²) in [5.74, 6) is 1.32. The van der Waals surface area contributed by atoms with Crippen LogP contribution in [0.3, 0.4) is 0 Å². The minimum absolute atomic E-state index is 0.292. The fourth-order valence-electron chi connectivity index (χ4n) is 2.08. The van der Waals surface area contributed by atoms with Gasteiger partial charge in [-0.05, 0) is 42.9 Å². The highest BCUT2D eigenvalue weighted by molar-refractivity contribution is 5.39. The van der Waals surface area contributed by atoms with Crippen molar-refractivity contribution in [2.24, 2.45) is 5.92 Å². The van der Waals surface area contributed by atoms with Crippen LogP contribution in [0.25, 0.3) is 0 Å². The van der Waals surface area contributed by atoms with Gasteiger partial charge in [-0.3, -0.25) is 0 Å². The molecule has 1 aliphatic heterocycles. The first-order chi connectivity index (χ1) is 7.99. The van der Waals surface area contributed by atoms with E-state index in [0.717, 1.165) is 31.6 Å². The smallest absolute Gasteiger partial charge is 0.122 e. The molecule has 1 aliphatic rings. The quantitative estimate of drug-likeness (QED) is 0.868. The lowest BCUT2D eigenvalue weighted by molar-refractivity contribution is 0.00568. The summed E-state index contributed by atoms with van der Waals surface area (Å²) in [7, 11) is 0. The SMILES string of the molecule is CC(C)C(C)(O)CCc1ccc2c(c1)CCO2. The molecule has 1 atom stereocenters. The molecule has 2 rings (SSSR count). The summed E-state index contributed by atoms with van der Waals surface area (Å²) in [5, 5.41) is 10.2. The minimum atomic E-state index is -0.574. The van der Waals surface area contributed by atoms with Crippen LogP contribution in [0.2, 0.25) is 0 Å². The number of aliphatic hydroxyl groups is 1. The van der Waals surface area contributed by atoms with Crippen LogP contribution in [0.5, 0.6) is 5.75 Å². The lowest BCUT2D eigenvalue weighted by atomic mass is 9.86. The first-order valence-electron chi connectivity index (χ1n) is 6.46. The highest BCUT2D eigenvalue weighted by Crippen LogP contribution is 2.28. The van der Waals surface area contributed by atoms with E-state index < -0.39 is 5.60 Å². The normalized spacial score (nSPS) is 17.7. The van der Waals surface area contributed by atoms with Gasteiger partial charge in [0.25, 0.3) is 0 Å². The van der Waals surface area contributed by atoms with E-state index >= 15 is 0 Å². The van der Waals surface area contributed by atoms with Gasteiger partial charge >= 0.3 is 0 Å². The van der Waals surface area contributed by atoms with E-state index in [0.29, 0.717) is 5.92 Å². The zero-order valence-electron chi connectivity index (χ0n) is 11.0. The average molecular weight is 234 g/mol. The van der Waals surface area contributed by atoms with Gasteiger partial charge in [0.1, 0.15) is 5.75 Å². The van der Waals surface area contributed by atoms with Crippen molar-refractivity contribution < 1.29 is 9.84 Å². The summed E-state index contributed by atoms with van der Waals surface area (Å²) >= 11 is 0. The Hall–Kier alpha value is -1.02. The van der Waals surface area contributed by atoms with Crippen LogP contribution in [0.1, 0.15) is 38.3 Å². The van der Waals surface area contributed by atoms with Crippen LogP contribution < -0.4 is 4.74 Å². The molecular weight excluding hydrogens is 212 g/mol. The summed E-state index contributed by atoms with van der Waals surface area (Å²) < 4.78 is 5.49. The number of hydrogen-bond donors (Lipinski definition) is 1. The molecule has 0 saturated carbocycles. The molecule has 0 radical (unpaired) electrons. The molecule has 0 amide bonds. The van der Waals surface area contributed by atoms with Crippen molar-refractivity contribution in [2.75, 3.05) is 6.61 Å². The van der Waals surface area contributed by atoms with E-state index in [-0.39, 0.29) is 0 Å². The summed E-state index contributed by atoms with van der Waals surface area (Å²) in [6, 6.07) is 6.39. The molecule has 2 heteroatoms. The standard InChI is InChI=1S/C15H22O2/c1-11(2)15(3,16)8-6-12-4-5-14-13(10-12)7-9-17-14/h4-5,10-11,16H,6-9H2,1-3H3. The Labute approximate surface area is 104 Å². The number of rotatable bonds is 4. The molecular formula is C15H22O2. The van der Waals surface area contributed by atoms with Gasteiger partial charge in [-0.2, -0.15) is 0 Å². The third-order valence-corrected chi connectivity index (χ3v) is 3.92. The van der Waals surface area contributed by atoms with Crippen LogP contribution in [-0.4, -0.2) is 17.3 Å². The summed E-state index contributed by atoms with van der Waals surface area (Å²) in [6.07, 6.45) is 2.76. The summed E-state index contributed by atoms with van der Waals surface area (Å²) in [4.78, 5) is 0. The van der Waals surface area contributed by atoms with Crippen molar-refractivity contribution in [2.45, 2.75) is 45.6 Å². The molecule has 1 N–H and O–H groups in total. The Morgan fingerprint density at radius 3 is 2.88 bits per heavy atom. The van der Waals surface area contributed by atoms with E-state index in [4.69, 9.17) is 4.74 Å². The maximum absolute atomic E-state index is 10.2. The van der Waals surface area contributed by atoms with Crippen molar-refractivity contribution in [3.63, 3.8) is 0 Å². The Balaban J connectivity index is 2.00. The van der Waals surface area contributed by atoms with Crippen LogP contribution in [0.4, 0.5) is 0 Å². The van der Waals surface area contributed by atoms with E-state index in [1.54, 1.807) is 0 Å². The third kappa shape index (κ3) is 2.81. The predicted octanol–water partition coefficient (Wildman–Crippen LogP) is 2.96. The van der Waals surface area contributed by atoms with Crippen molar-refractivity contribution in [1.29, 1.82) is 0 Å². The van der Waals surface area contributed by atoms with E-state index in [1.165, 1.54) is 11.1 Å². The monoisotopic (exact) mass is 234 g/mol. The van der Waals surface area contributed by atoms with E-state index in [1.807, 2.05) is 6.92 Å². The first-order valence-corrected chi connectivity index (χ1v) is 6.46. The molecule has 1 aromatic rings. The second kappa shape index (κ2) is 4.69. The molecule has 17 heavy (non-hydrogen) atoms. The molecule has 94 valence electrons. The molecule has 0 fully saturated rings. The minimum Gasteiger partial charge on any atom is -0.493 e. The zero-order chi connectivity index (χ0) is 12.5. The predicted molar refractivity (Wildman–Crippen MR) is 69.4 cm³/mol. The van der Waals surface area contributed by atoms with Gasteiger partial charge in [0, 0.05) is 6.42 Å². The van der Waals surface area contributed by atoms with Crippen molar-refractivity contribution in [1.82, 2.24) is 0 Å². The van der Waals surface area contributed by atoms with Gasteiger partial charge in [0.05, 0.1) is 12.2 Å². The number of benzene rings is 1. The molecule has 1 heterocycles. The maximum Gasteiger partial charge on any atom is 0.122 e.